The van der Waals surface area contributed by atoms with Crippen molar-refractivity contribution in [3.05, 3.63) is 34.3 Å². The van der Waals surface area contributed by atoms with Crippen LogP contribution in [0.3, 0.4) is 0 Å². The van der Waals surface area contributed by atoms with Gasteiger partial charge in [-0.15, -0.1) is 0 Å². The third kappa shape index (κ3) is 2.80. The average Bonchev–Trinajstić information content (AvgIpc) is 2.60. The van der Waals surface area contributed by atoms with E-state index in [-0.39, 0.29) is 11.8 Å². The van der Waals surface area contributed by atoms with Crippen molar-refractivity contribution in [2.75, 3.05) is 13.1 Å². The minimum absolute atomic E-state index is 0.166. The number of fused-ring (bicyclic) bond motifs is 1. The Hall–Kier alpha value is -1.59. The van der Waals surface area contributed by atoms with Gasteiger partial charge in [-0.2, -0.15) is 0 Å². The number of aryl methyl sites for hydroxylation is 1. The van der Waals surface area contributed by atoms with Gasteiger partial charge in [-0.1, -0.05) is 6.07 Å². The van der Waals surface area contributed by atoms with E-state index >= 15 is 0 Å². The van der Waals surface area contributed by atoms with E-state index in [1.165, 1.54) is 4.57 Å². The quantitative estimate of drug-likeness (QED) is 0.762. The molecule has 0 radical (unpaired) electrons. The molecule has 0 spiro atoms. The van der Waals surface area contributed by atoms with Gasteiger partial charge in [0.2, 0.25) is 0 Å². The van der Waals surface area contributed by atoms with Crippen LogP contribution < -0.4 is 16.8 Å². The molecule has 1 aromatic carbocycles. The molecule has 0 amide bonds. The van der Waals surface area contributed by atoms with E-state index in [1.807, 2.05) is 25.1 Å². The second kappa shape index (κ2) is 5.37. The Bertz CT molecular complexity index is 583. The molecular weight excluding hydrogens is 230 g/mol. The van der Waals surface area contributed by atoms with Crippen molar-refractivity contribution in [1.29, 1.82) is 0 Å². The minimum atomic E-state index is -0.322. The fraction of sp³-hybridized carbons (Fsp3) is 0.462. The predicted octanol–water partition coefficient (Wildman–Crippen LogP) is 0.611. The lowest BCUT2D eigenvalue weighted by atomic mass is 10.1. The molecule has 1 unspecified atom stereocenters. The monoisotopic (exact) mass is 249 g/mol. The van der Waals surface area contributed by atoms with Crippen LogP contribution in [-0.4, -0.2) is 23.7 Å². The van der Waals surface area contributed by atoms with Gasteiger partial charge in [0, 0.05) is 19.6 Å². The molecule has 0 aliphatic rings. The maximum absolute atomic E-state index is 11.4. The van der Waals surface area contributed by atoms with Crippen LogP contribution in [0.4, 0.5) is 0 Å². The third-order valence-electron chi connectivity index (χ3n) is 2.91. The molecule has 1 heterocycles. The Morgan fingerprint density at radius 1 is 1.50 bits per heavy atom. The summed E-state index contributed by atoms with van der Waals surface area (Å²) < 4.78 is 6.66. The number of aromatic nitrogens is 1. The van der Waals surface area contributed by atoms with Crippen LogP contribution in [0.25, 0.3) is 11.1 Å². The molecule has 2 aromatic rings. The van der Waals surface area contributed by atoms with Crippen molar-refractivity contribution in [2.45, 2.75) is 19.4 Å². The standard InChI is InChI=1S/C13H19N3O2/c1-9(14)8-15-6-5-10-3-4-11-12(7-10)18-13(17)16(11)2/h3-4,7,9,15H,5-6,8,14H2,1-2H3. The van der Waals surface area contributed by atoms with Crippen LogP contribution in [0.2, 0.25) is 0 Å². The summed E-state index contributed by atoms with van der Waals surface area (Å²) in [6.45, 7) is 3.64. The van der Waals surface area contributed by atoms with Crippen LogP contribution in [-0.2, 0) is 13.5 Å². The van der Waals surface area contributed by atoms with Gasteiger partial charge in [0.15, 0.2) is 5.58 Å². The van der Waals surface area contributed by atoms with Gasteiger partial charge in [0.25, 0.3) is 0 Å². The molecule has 2 rings (SSSR count). The molecule has 18 heavy (non-hydrogen) atoms. The van der Waals surface area contributed by atoms with Crippen LogP contribution in [0.5, 0.6) is 0 Å². The molecule has 0 saturated heterocycles. The van der Waals surface area contributed by atoms with Crippen LogP contribution in [0, 0.1) is 0 Å². The highest BCUT2D eigenvalue weighted by Gasteiger charge is 2.06. The fourth-order valence-electron chi connectivity index (χ4n) is 1.90. The van der Waals surface area contributed by atoms with Crippen LogP contribution in [0.1, 0.15) is 12.5 Å². The first-order valence-corrected chi connectivity index (χ1v) is 6.12. The summed E-state index contributed by atoms with van der Waals surface area (Å²) in [6, 6.07) is 6.02. The molecule has 3 N–H and O–H groups in total. The van der Waals surface area contributed by atoms with Crippen LogP contribution >= 0.6 is 0 Å². The smallest absolute Gasteiger partial charge is 0.408 e. The number of rotatable bonds is 5. The number of hydrogen-bond acceptors (Lipinski definition) is 4. The van der Waals surface area contributed by atoms with Gasteiger partial charge in [-0.3, -0.25) is 4.57 Å². The van der Waals surface area contributed by atoms with Gasteiger partial charge < -0.3 is 15.5 Å². The summed E-state index contributed by atoms with van der Waals surface area (Å²) in [5.74, 6) is -0.322. The van der Waals surface area contributed by atoms with Crippen molar-refractivity contribution in [3.63, 3.8) is 0 Å². The van der Waals surface area contributed by atoms with Crippen molar-refractivity contribution in [2.24, 2.45) is 12.8 Å². The lowest BCUT2D eigenvalue weighted by molar-refractivity contribution is 0.527. The summed E-state index contributed by atoms with van der Waals surface area (Å²) in [4.78, 5) is 11.4. The second-order valence-corrected chi connectivity index (χ2v) is 4.66. The minimum Gasteiger partial charge on any atom is -0.408 e. The largest absolute Gasteiger partial charge is 0.419 e. The van der Waals surface area contributed by atoms with E-state index in [1.54, 1.807) is 7.05 Å². The van der Waals surface area contributed by atoms with Gasteiger partial charge in [0.1, 0.15) is 0 Å². The zero-order valence-electron chi connectivity index (χ0n) is 10.8. The Balaban J connectivity index is 2.04. The Morgan fingerprint density at radius 2 is 2.28 bits per heavy atom. The average molecular weight is 249 g/mol. The molecule has 1 atom stereocenters. The topological polar surface area (TPSA) is 73.2 Å². The molecule has 1 aromatic heterocycles. The summed E-state index contributed by atoms with van der Waals surface area (Å²) >= 11 is 0. The SMILES string of the molecule is CC(N)CNCCc1ccc2c(c1)oc(=O)n2C. The number of nitrogens with two attached hydrogens (primary N) is 1. The predicted molar refractivity (Wildman–Crippen MR) is 71.7 cm³/mol. The number of nitrogens with zero attached hydrogens (tertiary/aromatic N) is 1. The van der Waals surface area contributed by atoms with Crippen molar-refractivity contribution < 1.29 is 4.42 Å². The van der Waals surface area contributed by atoms with E-state index in [9.17, 15) is 4.79 Å². The first-order valence-electron chi connectivity index (χ1n) is 6.12. The molecular formula is C13H19N3O2. The number of oxazole rings is 1. The maximum atomic E-state index is 11.4. The van der Waals surface area contributed by atoms with Gasteiger partial charge >= 0.3 is 5.76 Å². The van der Waals surface area contributed by atoms with Gasteiger partial charge in [-0.05, 0) is 37.6 Å². The highest BCUT2D eigenvalue weighted by Crippen LogP contribution is 2.14. The van der Waals surface area contributed by atoms with Crippen molar-refractivity contribution in [3.8, 4) is 0 Å². The Labute approximate surface area is 106 Å². The van der Waals surface area contributed by atoms with Gasteiger partial charge in [-0.25, -0.2) is 4.79 Å². The lowest BCUT2D eigenvalue weighted by Crippen LogP contribution is -2.32. The lowest BCUT2D eigenvalue weighted by Gasteiger charge is -2.07. The van der Waals surface area contributed by atoms with Crippen molar-refractivity contribution >= 4 is 11.1 Å². The Kier molecular flexibility index (Phi) is 3.84. The van der Waals surface area contributed by atoms with E-state index in [4.69, 9.17) is 10.2 Å². The molecule has 0 fully saturated rings. The fourth-order valence-corrected chi connectivity index (χ4v) is 1.90. The van der Waals surface area contributed by atoms with Gasteiger partial charge in [0.05, 0.1) is 5.52 Å². The highest BCUT2D eigenvalue weighted by atomic mass is 16.4. The highest BCUT2D eigenvalue weighted by molar-refractivity contribution is 5.73. The molecule has 0 bridgehead atoms. The zero-order chi connectivity index (χ0) is 13.1. The number of nitrogens with one attached hydrogen (secondary N) is 1. The van der Waals surface area contributed by atoms with E-state index in [0.29, 0.717) is 5.58 Å². The maximum Gasteiger partial charge on any atom is 0.419 e. The van der Waals surface area contributed by atoms with E-state index in [0.717, 1.165) is 30.6 Å². The molecule has 0 aliphatic heterocycles. The van der Waals surface area contributed by atoms with Crippen molar-refractivity contribution in [1.82, 2.24) is 9.88 Å². The van der Waals surface area contributed by atoms with Crippen LogP contribution in [0.15, 0.2) is 27.4 Å². The first-order chi connectivity index (χ1) is 8.58. The summed E-state index contributed by atoms with van der Waals surface area (Å²) in [6.07, 6.45) is 0.890. The van der Waals surface area contributed by atoms with E-state index in [2.05, 4.69) is 5.32 Å². The number of hydrogen-bond donors (Lipinski definition) is 2. The molecule has 0 saturated carbocycles. The molecule has 5 heteroatoms. The Morgan fingerprint density at radius 3 is 3.00 bits per heavy atom. The second-order valence-electron chi connectivity index (χ2n) is 4.66. The molecule has 0 aliphatic carbocycles. The van der Waals surface area contributed by atoms with E-state index < -0.39 is 0 Å². The number of benzene rings is 1. The normalized spacial score (nSPS) is 13.1. The molecule has 5 nitrogen and oxygen atoms in total. The summed E-state index contributed by atoms with van der Waals surface area (Å²) in [5, 5.41) is 3.28. The summed E-state index contributed by atoms with van der Waals surface area (Å²) in [5.41, 5.74) is 8.27. The third-order valence-corrected chi connectivity index (χ3v) is 2.91. The zero-order valence-corrected chi connectivity index (χ0v) is 10.8. The molecule has 98 valence electrons. The first kappa shape index (κ1) is 12.9. The summed E-state index contributed by atoms with van der Waals surface area (Å²) in [7, 11) is 1.71.